The molecule has 1 aliphatic rings. The number of benzene rings is 1. The predicted molar refractivity (Wildman–Crippen MR) is 113 cm³/mol. The predicted octanol–water partition coefficient (Wildman–Crippen LogP) is 4.97. The Morgan fingerprint density at radius 2 is 2.19 bits per heavy atom. The number of nitrogens with zero attached hydrogens (tertiary/aromatic N) is 2. The second-order valence-electron chi connectivity index (χ2n) is 6.92. The molecule has 4 rings (SSSR count). The smallest absolute Gasteiger partial charge is 0.267 e. The van der Waals surface area contributed by atoms with Crippen LogP contribution in [-0.4, -0.2) is 20.9 Å². The van der Waals surface area contributed by atoms with Gasteiger partial charge in [-0.25, -0.2) is 4.98 Å². The average molecular weight is 399 g/mol. The van der Waals surface area contributed by atoms with E-state index in [1.165, 1.54) is 11.8 Å². The summed E-state index contributed by atoms with van der Waals surface area (Å²) in [4.78, 5) is 20.4. The van der Waals surface area contributed by atoms with Crippen LogP contribution < -0.4 is 5.56 Å². The lowest BCUT2D eigenvalue weighted by Gasteiger charge is -2.32. The SMILES string of the molecule is C=CCSc1nc2sc3c(c2c(=O)n1-c1ccccc1)CC(C)(CC)OC3. The zero-order valence-corrected chi connectivity index (χ0v) is 17.2. The molecule has 1 unspecified atom stereocenters. The average Bonchev–Trinajstić information content (AvgIpc) is 3.04. The molecule has 140 valence electrons. The van der Waals surface area contributed by atoms with Crippen molar-refractivity contribution < 1.29 is 4.74 Å². The molecule has 4 nitrogen and oxygen atoms in total. The van der Waals surface area contributed by atoms with Gasteiger partial charge in [0.1, 0.15) is 4.83 Å². The van der Waals surface area contributed by atoms with E-state index in [1.807, 2.05) is 36.4 Å². The lowest BCUT2D eigenvalue weighted by atomic mass is 9.90. The number of fused-ring (bicyclic) bond motifs is 3. The maximum atomic E-state index is 13.6. The first kappa shape index (κ1) is 18.5. The largest absolute Gasteiger partial charge is 0.369 e. The topological polar surface area (TPSA) is 44.1 Å². The van der Waals surface area contributed by atoms with Gasteiger partial charge in [-0.15, -0.1) is 17.9 Å². The van der Waals surface area contributed by atoms with Gasteiger partial charge < -0.3 is 4.74 Å². The fourth-order valence-corrected chi connectivity index (χ4v) is 5.25. The van der Waals surface area contributed by atoms with Crippen LogP contribution in [0.3, 0.4) is 0 Å². The molecule has 0 spiro atoms. The molecule has 0 aliphatic carbocycles. The Kier molecular flexibility index (Phi) is 4.97. The third-order valence-corrected chi connectivity index (χ3v) is 7.11. The van der Waals surface area contributed by atoms with Gasteiger partial charge in [-0.2, -0.15) is 0 Å². The molecule has 0 bridgehead atoms. The van der Waals surface area contributed by atoms with Crippen molar-refractivity contribution in [2.75, 3.05) is 5.75 Å². The summed E-state index contributed by atoms with van der Waals surface area (Å²) in [6, 6.07) is 9.74. The van der Waals surface area contributed by atoms with Crippen LogP contribution in [0.15, 0.2) is 52.9 Å². The molecule has 1 atom stereocenters. The molecular weight excluding hydrogens is 376 g/mol. The monoisotopic (exact) mass is 398 g/mol. The molecule has 3 heterocycles. The molecule has 0 fully saturated rings. The second kappa shape index (κ2) is 7.26. The van der Waals surface area contributed by atoms with E-state index in [9.17, 15) is 4.79 Å². The number of thiophene rings is 1. The molecule has 1 aliphatic heterocycles. The van der Waals surface area contributed by atoms with Gasteiger partial charge >= 0.3 is 0 Å². The highest BCUT2D eigenvalue weighted by Crippen LogP contribution is 2.39. The Bertz CT molecular complexity index is 1060. The summed E-state index contributed by atoms with van der Waals surface area (Å²) in [5.41, 5.74) is 1.75. The summed E-state index contributed by atoms with van der Waals surface area (Å²) in [5, 5.41) is 1.46. The van der Waals surface area contributed by atoms with Gasteiger partial charge in [-0.3, -0.25) is 9.36 Å². The van der Waals surface area contributed by atoms with Crippen molar-refractivity contribution in [1.82, 2.24) is 9.55 Å². The first-order valence-electron chi connectivity index (χ1n) is 9.06. The summed E-state index contributed by atoms with van der Waals surface area (Å²) >= 11 is 3.12. The van der Waals surface area contributed by atoms with Gasteiger partial charge in [0.05, 0.1) is 23.3 Å². The quantitative estimate of drug-likeness (QED) is 0.346. The maximum Gasteiger partial charge on any atom is 0.267 e. The zero-order chi connectivity index (χ0) is 19.0. The van der Waals surface area contributed by atoms with Crippen LogP contribution in [-0.2, 0) is 17.8 Å². The Morgan fingerprint density at radius 1 is 1.41 bits per heavy atom. The Labute approximate surface area is 166 Å². The summed E-state index contributed by atoms with van der Waals surface area (Å²) in [5.74, 6) is 0.701. The fourth-order valence-electron chi connectivity index (χ4n) is 3.36. The summed E-state index contributed by atoms with van der Waals surface area (Å²) in [6.45, 7) is 8.60. The van der Waals surface area contributed by atoms with Crippen LogP contribution in [0, 0.1) is 0 Å². The minimum Gasteiger partial charge on any atom is -0.369 e. The van der Waals surface area contributed by atoms with Crippen LogP contribution in [0.2, 0.25) is 0 Å². The van der Waals surface area contributed by atoms with E-state index in [0.717, 1.165) is 39.2 Å². The van der Waals surface area contributed by atoms with Crippen molar-refractivity contribution in [3.63, 3.8) is 0 Å². The van der Waals surface area contributed by atoms with Crippen molar-refractivity contribution in [3.8, 4) is 5.69 Å². The van der Waals surface area contributed by atoms with Crippen molar-refractivity contribution >= 4 is 33.3 Å². The Morgan fingerprint density at radius 3 is 2.89 bits per heavy atom. The minimum absolute atomic E-state index is 0.00983. The highest BCUT2D eigenvalue weighted by atomic mass is 32.2. The van der Waals surface area contributed by atoms with Crippen molar-refractivity contribution in [1.29, 1.82) is 0 Å². The number of aromatic nitrogens is 2. The van der Waals surface area contributed by atoms with Crippen molar-refractivity contribution in [3.05, 3.63) is 63.8 Å². The van der Waals surface area contributed by atoms with Gasteiger partial charge in [-0.05, 0) is 31.0 Å². The minimum atomic E-state index is -0.221. The molecule has 0 radical (unpaired) electrons. The second-order valence-corrected chi connectivity index (χ2v) is 8.99. The Balaban J connectivity index is 1.98. The highest BCUT2D eigenvalue weighted by Gasteiger charge is 2.33. The number of hydrogen-bond donors (Lipinski definition) is 0. The van der Waals surface area contributed by atoms with E-state index in [4.69, 9.17) is 9.72 Å². The molecule has 2 aromatic heterocycles. The van der Waals surface area contributed by atoms with Crippen LogP contribution in [0.5, 0.6) is 0 Å². The van der Waals surface area contributed by atoms with Crippen LogP contribution in [0.1, 0.15) is 30.7 Å². The highest BCUT2D eigenvalue weighted by molar-refractivity contribution is 7.99. The first-order chi connectivity index (χ1) is 13.1. The van der Waals surface area contributed by atoms with Gasteiger partial charge in [0, 0.05) is 17.1 Å². The van der Waals surface area contributed by atoms with Crippen LogP contribution >= 0.6 is 23.1 Å². The van der Waals surface area contributed by atoms with E-state index in [2.05, 4.69) is 20.4 Å². The number of thioether (sulfide) groups is 1. The first-order valence-corrected chi connectivity index (χ1v) is 10.9. The van der Waals surface area contributed by atoms with Crippen LogP contribution in [0.4, 0.5) is 0 Å². The number of para-hydroxylation sites is 1. The van der Waals surface area contributed by atoms with Gasteiger partial charge in [0.25, 0.3) is 5.56 Å². The molecule has 0 N–H and O–H groups in total. The van der Waals surface area contributed by atoms with E-state index in [1.54, 1.807) is 15.9 Å². The lowest BCUT2D eigenvalue weighted by Crippen LogP contribution is -2.34. The van der Waals surface area contributed by atoms with E-state index >= 15 is 0 Å². The Hall–Kier alpha value is -1.89. The maximum absolute atomic E-state index is 13.6. The molecule has 1 aromatic carbocycles. The van der Waals surface area contributed by atoms with Crippen LogP contribution in [0.25, 0.3) is 15.9 Å². The lowest BCUT2D eigenvalue weighted by molar-refractivity contribution is -0.0543. The molecule has 27 heavy (non-hydrogen) atoms. The van der Waals surface area contributed by atoms with Gasteiger partial charge in [-0.1, -0.05) is 43.0 Å². The summed E-state index contributed by atoms with van der Waals surface area (Å²) < 4.78 is 7.81. The van der Waals surface area contributed by atoms with E-state index < -0.39 is 0 Å². The molecule has 0 saturated heterocycles. The standard InChI is InChI=1S/C21H22N2O2S2/c1-4-11-26-20-22-18-17(19(24)23(20)14-9-7-6-8-10-14)15-12-21(3,5-2)25-13-16(15)27-18/h4,6-10H,1,5,11-13H2,2-3H3. The number of hydrogen-bond acceptors (Lipinski definition) is 5. The third-order valence-electron chi connectivity index (χ3n) is 5.07. The molecule has 0 amide bonds. The fraction of sp³-hybridized carbons (Fsp3) is 0.333. The van der Waals surface area contributed by atoms with E-state index in [0.29, 0.717) is 17.5 Å². The zero-order valence-electron chi connectivity index (χ0n) is 15.5. The number of rotatable bonds is 5. The van der Waals surface area contributed by atoms with Gasteiger partial charge in [0.2, 0.25) is 0 Å². The molecule has 6 heteroatoms. The van der Waals surface area contributed by atoms with Crippen molar-refractivity contribution in [2.24, 2.45) is 0 Å². The van der Waals surface area contributed by atoms with Gasteiger partial charge in [0.15, 0.2) is 5.16 Å². The summed E-state index contributed by atoms with van der Waals surface area (Å²) in [7, 11) is 0. The van der Waals surface area contributed by atoms with E-state index in [-0.39, 0.29) is 11.2 Å². The third kappa shape index (κ3) is 3.26. The molecule has 0 saturated carbocycles. The number of ether oxygens (including phenoxy) is 1. The molecular formula is C21H22N2O2S2. The van der Waals surface area contributed by atoms with Crippen molar-refractivity contribution in [2.45, 2.75) is 44.1 Å². The molecule has 3 aromatic rings. The normalized spacial score (nSPS) is 19.2. The summed E-state index contributed by atoms with van der Waals surface area (Å²) in [6.07, 6.45) is 3.50.